The van der Waals surface area contributed by atoms with Gasteiger partial charge >= 0.3 is 5.97 Å². The minimum Gasteiger partial charge on any atom is -0.329 e. The smallest absolute Gasteiger partial charge is 0.329 e. The van der Waals surface area contributed by atoms with E-state index < -0.39 is 17.8 Å². The number of fused-ring (bicyclic) bond motifs is 1. The molecule has 0 saturated heterocycles. The SMILES string of the molecule is O=C(ON1C(=O)c2ccccc2C1=O)C1CC=CC1. The Bertz CT molecular complexity index is 562. The molecule has 2 aliphatic rings. The van der Waals surface area contributed by atoms with Gasteiger partial charge in [0.25, 0.3) is 11.8 Å². The third-order valence-corrected chi connectivity index (χ3v) is 3.28. The van der Waals surface area contributed by atoms with Crippen LogP contribution in [0.3, 0.4) is 0 Å². The van der Waals surface area contributed by atoms with Gasteiger partial charge in [0, 0.05) is 0 Å². The molecule has 0 aromatic heterocycles. The van der Waals surface area contributed by atoms with Gasteiger partial charge < -0.3 is 4.84 Å². The molecule has 0 fully saturated rings. The molecule has 0 unspecified atom stereocenters. The molecule has 1 heterocycles. The average molecular weight is 257 g/mol. The first-order valence-corrected chi connectivity index (χ1v) is 6.03. The molecule has 19 heavy (non-hydrogen) atoms. The summed E-state index contributed by atoms with van der Waals surface area (Å²) in [6.45, 7) is 0. The van der Waals surface area contributed by atoms with Gasteiger partial charge in [-0.25, -0.2) is 4.79 Å². The van der Waals surface area contributed by atoms with Crippen LogP contribution >= 0.6 is 0 Å². The van der Waals surface area contributed by atoms with Crippen LogP contribution in [0.5, 0.6) is 0 Å². The Balaban J connectivity index is 1.79. The first-order valence-electron chi connectivity index (χ1n) is 6.03. The number of amides is 2. The monoisotopic (exact) mass is 257 g/mol. The second-order valence-electron chi connectivity index (χ2n) is 4.50. The number of imide groups is 1. The Morgan fingerprint density at radius 3 is 2.11 bits per heavy atom. The fourth-order valence-corrected chi connectivity index (χ4v) is 2.22. The lowest BCUT2D eigenvalue weighted by Crippen LogP contribution is -2.34. The first kappa shape index (κ1) is 11.6. The molecule has 0 radical (unpaired) electrons. The number of rotatable bonds is 2. The lowest BCUT2D eigenvalue weighted by atomic mass is 10.1. The third kappa shape index (κ3) is 1.83. The van der Waals surface area contributed by atoms with Gasteiger partial charge in [0.15, 0.2) is 0 Å². The summed E-state index contributed by atoms with van der Waals surface area (Å²) in [5, 5.41) is 0.561. The summed E-state index contributed by atoms with van der Waals surface area (Å²) in [6, 6.07) is 6.41. The zero-order valence-electron chi connectivity index (χ0n) is 10.0. The van der Waals surface area contributed by atoms with Gasteiger partial charge in [0.2, 0.25) is 0 Å². The van der Waals surface area contributed by atoms with Crippen molar-refractivity contribution in [3.63, 3.8) is 0 Å². The van der Waals surface area contributed by atoms with Crippen LogP contribution < -0.4 is 0 Å². The third-order valence-electron chi connectivity index (χ3n) is 3.28. The van der Waals surface area contributed by atoms with Crippen LogP contribution in [0.25, 0.3) is 0 Å². The summed E-state index contributed by atoms with van der Waals surface area (Å²) in [5.74, 6) is -2.01. The molecule has 1 aromatic carbocycles. The maximum Gasteiger partial charge on any atom is 0.336 e. The van der Waals surface area contributed by atoms with Gasteiger partial charge in [-0.1, -0.05) is 29.3 Å². The fraction of sp³-hybridized carbons (Fsp3) is 0.214. The van der Waals surface area contributed by atoms with Crippen LogP contribution in [0.15, 0.2) is 36.4 Å². The standard InChI is InChI=1S/C14H11NO4/c16-12-10-7-3-4-8-11(10)13(17)15(12)19-14(18)9-5-1-2-6-9/h1-4,7-9H,5-6H2. The molecular formula is C14H11NO4. The molecule has 1 aliphatic carbocycles. The molecule has 5 nitrogen and oxygen atoms in total. The van der Waals surface area contributed by atoms with Crippen molar-refractivity contribution in [2.75, 3.05) is 0 Å². The van der Waals surface area contributed by atoms with E-state index in [9.17, 15) is 14.4 Å². The van der Waals surface area contributed by atoms with E-state index in [0.717, 1.165) is 0 Å². The summed E-state index contributed by atoms with van der Waals surface area (Å²) >= 11 is 0. The van der Waals surface area contributed by atoms with Crippen LogP contribution in [0.2, 0.25) is 0 Å². The minimum atomic E-state index is -0.583. The van der Waals surface area contributed by atoms with Gasteiger partial charge in [0.1, 0.15) is 0 Å². The summed E-state index contributed by atoms with van der Waals surface area (Å²) in [4.78, 5) is 40.7. The molecule has 1 aromatic rings. The summed E-state index contributed by atoms with van der Waals surface area (Å²) < 4.78 is 0. The van der Waals surface area contributed by atoms with E-state index in [0.29, 0.717) is 17.9 Å². The number of benzene rings is 1. The summed E-state index contributed by atoms with van der Waals surface area (Å²) in [6.07, 6.45) is 4.94. The van der Waals surface area contributed by atoms with Crippen molar-refractivity contribution in [1.29, 1.82) is 0 Å². The van der Waals surface area contributed by atoms with E-state index in [1.54, 1.807) is 24.3 Å². The number of hydrogen-bond acceptors (Lipinski definition) is 4. The lowest BCUT2D eigenvalue weighted by Gasteiger charge is -2.15. The van der Waals surface area contributed by atoms with E-state index in [1.807, 2.05) is 12.2 Å². The molecule has 0 bridgehead atoms. The van der Waals surface area contributed by atoms with Crippen molar-refractivity contribution >= 4 is 17.8 Å². The quantitative estimate of drug-likeness (QED) is 0.597. The van der Waals surface area contributed by atoms with Gasteiger partial charge in [-0.05, 0) is 25.0 Å². The number of carbonyl (C=O) groups excluding carboxylic acids is 3. The highest BCUT2D eigenvalue weighted by atomic mass is 16.7. The zero-order valence-corrected chi connectivity index (χ0v) is 10.0. The molecule has 0 N–H and O–H groups in total. The van der Waals surface area contributed by atoms with Crippen LogP contribution in [0.1, 0.15) is 33.6 Å². The van der Waals surface area contributed by atoms with Crippen molar-refractivity contribution < 1.29 is 19.2 Å². The molecule has 0 atom stereocenters. The van der Waals surface area contributed by atoms with E-state index >= 15 is 0 Å². The van der Waals surface area contributed by atoms with Gasteiger partial charge in [-0.2, -0.15) is 0 Å². The van der Waals surface area contributed by atoms with Crippen LogP contribution in [-0.4, -0.2) is 22.8 Å². The maximum atomic E-state index is 12.0. The van der Waals surface area contributed by atoms with Crippen molar-refractivity contribution in [2.24, 2.45) is 5.92 Å². The Labute approximate surface area is 109 Å². The summed E-state index contributed by atoms with van der Waals surface area (Å²) in [5.41, 5.74) is 0.537. The zero-order chi connectivity index (χ0) is 13.4. The Kier molecular flexibility index (Phi) is 2.67. The number of hydrogen-bond donors (Lipinski definition) is 0. The fourth-order valence-electron chi connectivity index (χ4n) is 2.22. The largest absolute Gasteiger partial charge is 0.336 e. The van der Waals surface area contributed by atoms with Gasteiger partial charge in [-0.3, -0.25) is 9.59 Å². The molecule has 5 heteroatoms. The van der Waals surface area contributed by atoms with Crippen molar-refractivity contribution in [2.45, 2.75) is 12.8 Å². The minimum absolute atomic E-state index is 0.268. The molecule has 3 rings (SSSR count). The lowest BCUT2D eigenvalue weighted by molar-refractivity contribution is -0.173. The van der Waals surface area contributed by atoms with Gasteiger partial charge in [-0.15, -0.1) is 0 Å². The first-order chi connectivity index (χ1) is 9.18. The molecule has 0 saturated carbocycles. The number of hydroxylamine groups is 2. The van der Waals surface area contributed by atoms with Crippen LogP contribution in [0.4, 0.5) is 0 Å². The van der Waals surface area contributed by atoms with Crippen LogP contribution in [-0.2, 0) is 9.63 Å². The second kappa shape index (κ2) is 4.35. The van der Waals surface area contributed by atoms with E-state index in [1.165, 1.54) is 0 Å². The number of nitrogens with zero attached hydrogens (tertiary/aromatic N) is 1. The van der Waals surface area contributed by atoms with Crippen LogP contribution in [0, 0.1) is 5.92 Å². The predicted octanol–water partition coefficient (Wildman–Crippen LogP) is 1.71. The highest BCUT2D eigenvalue weighted by Crippen LogP contribution is 2.25. The highest BCUT2D eigenvalue weighted by molar-refractivity contribution is 6.20. The second-order valence-corrected chi connectivity index (χ2v) is 4.50. The molecule has 2 amide bonds. The number of allylic oxidation sites excluding steroid dienone is 2. The molecule has 96 valence electrons. The predicted molar refractivity (Wildman–Crippen MR) is 64.9 cm³/mol. The van der Waals surface area contributed by atoms with E-state index in [-0.39, 0.29) is 17.0 Å². The Morgan fingerprint density at radius 1 is 1.05 bits per heavy atom. The van der Waals surface area contributed by atoms with Crippen molar-refractivity contribution in [1.82, 2.24) is 5.06 Å². The summed E-state index contributed by atoms with van der Waals surface area (Å²) in [7, 11) is 0. The molecule has 0 spiro atoms. The normalized spacial score (nSPS) is 18.0. The van der Waals surface area contributed by atoms with E-state index in [4.69, 9.17) is 4.84 Å². The Morgan fingerprint density at radius 2 is 1.58 bits per heavy atom. The van der Waals surface area contributed by atoms with Crippen molar-refractivity contribution in [3.8, 4) is 0 Å². The van der Waals surface area contributed by atoms with Gasteiger partial charge in [0.05, 0.1) is 17.0 Å². The molecule has 1 aliphatic heterocycles. The highest BCUT2D eigenvalue weighted by Gasteiger charge is 2.39. The topological polar surface area (TPSA) is 63.7 Å². The maximum absolute atomic E-state index is 12.0. The number of carbonyl (C=O) groups is 3. The Hall–Kier alpha value is -2.43. The van der Waals surface area contributed by atoms with Crippen molar-refractivity contribution in [3.05, 3.63) is 47.5 Å². The molecular weight excluding hydrogens is 246 g/mol. The average Bonchev–Trinajstić information content (AvgIpc) is 3.03. The van der Waals surface area contributed by atoms with E-state index in [2.05, 4.69) is 0 Å².